The minimum Gasteiger partial charge on any atom is -0.497 e. The minimum absolute atomic E-state index is 0.0700. The van der Waals surface area contributed by atoms with Gasteiger partial charge in [-0.1, -0.05) is 0 Å². The molecule has 102 valence electrons. The average Bonchev–Trinajstić information content (AvgIpc) is 2.82. The maximum Gasteiger partial charge on any atom is 0.148 e. The second-order valence-electron chi connectivity index (χ2n) is 4.54. The van der Waals surface area contributed by atoms with E-state index in [-0.39, 0.29) is 12.1 Å². The van der Waals surface area contributed by atoms with Gasteiger partial charge in [-0.25, -0.2) is 0 Å². The highest BCUT2D eigenvalue weighted by Gasteiger charge is 2.21. The maximum absolute atomic E-state index is 6.06. The Morgan fingerprint density at radius 1 is 1.11 bits per heavy atom. The molecule has 0 bridgehead atoms. The Bertz CT molecular complexity index is 519. The van der Waals surface area contributed by atoms with Crippen molar-refractivity contribution in [1.82, 2.24) is 0 Å². The number of hydrogen-bond donors (Lipinski definition) is 1. The number of ether oxygens (including phenoxy) is 2. The van der Waals surface area contributed by atoms with Gasteiger partial charge < -0.3 is 15.2 Å². The molecule has 3 nitrogen and oxygen atoms in total. The Morgan fingerprint density at radius 2 is 1.74 bits per heavy atom. The standard InChI is InChI=1S/C15H19NO2S/c1-10-8-9-19-15(10)14(11(2)16)18-13-6-4-12(17-3)5-7-13/h4-9,11,14H,16H2,1-3H3. The van der Waals surface area contributed by atoms with Crippen LogP contribution in [0.4, 0.5) is 0 Å². The highest BCUT2D eigenvalue weighted by atomic mass is 32.1. The van der Waals surface area contributed by atoms with Crippen LogP contribution >= 0.6 is 11.3 Å². The average molecular weight is 277 g/mol. The van der Waals surface area contributed by atoms with Crippen molar-refractivity contribution >= 4 is 11.3 Å². The van der Waals surface area contributed by atoms with Gasteiger partial charge in [0, 0.05) is 10.9 Å². The fraction of sp³-hybridized carbons (Fsp3) is 0.333. The maximum atomic E-state index is 6.06. The molecule has 4 heteroatoms. The van der Waals surface area contributed by atoms with E-state index in [1.807, 2.05) is 31.2 Å². The van der Waals surface area contributed by atoms with E-state index in [4.69, 9.17) is 15.2 Å². The summed E-state index contributed by atoms with van der Waals surface area (Å²) >= 11 is 1.68. The minimum atomic E-state index is -0.117. The van der Waals surface area contributed by atoms with Crippen LogP contribution in [0.1, 0.15) is 23.5 Å². The van der Waals surface area contributed by atoms with Crippen LogP contribution in [0, 0.1) is 6.92 Å². The predicted molar refractivity (Wildman–Crippen MR) is 79.1 cm³/mol. The summed E-state index contributed by atoms with van der Waals surface area (Å²) in [6.07, 6.45) is -0.117. The van der Waals surface area contributed by atoms with Crippen LogP contribution in [0.3, 0.4) is 0 Å². The van der Waals surface area contributed by atoms with Gasteiger partial charge >= 0.3 is 0 Å². The molecule has 0 saturated carbocycles. The van der Waals surface area contributed by atoms with Gasteiger partial charge in [-0.2, -0.15) is 0 Å². The first-order valence-electron chi connectivity index (χ1n) is 6.22. The lowest BCUT2D eigenvalue weighted by molar-refractivity contribution is 0.183. The van der Waals surface area contributed by atoms with Crippen LogP contribution < -0.4 is 15.2 Å². The summed E-state index contributed by atoms with van der Waals surface area (Å²) in [5, 5.41) is 2.07. The number of nitrogens with two attached hydrogens (primary N) is 1. The molecule has 19 heavy (non-hydrogen) atoms. The molecule has 0 fully saturated rings. The van der Waals surface area contributed by atoms with E-state index in [1.165, 1.54) is 10.4 Å². The van der Waals surface area contributed by atoms with Crippen LogP contribution in [0.2, 0.25) is 0 Å². The number of aryl methyl sites for hydroxylation is 1. The molecule has 1 aromatic heterocycles. The summed E-state index contributed by atoms with van der Waals surface area (Å²) in [7, 11) is 1.65. The fourth-order valence-corrected chi connectivity index (χ4v) is 2.95. The summed E-state index contributed by atoms with van der Waals surface area (Å²) < 4.78 is 11.2. The van der Waals surface area contributed by atoms with E-state index in [2.05, 4.69) is 18.4 Å². The number of hydrogen-bond acceptors (Lipinski definition) is 4. The van der Waals surface area contributed by atoms with E-state index in [0.717, 1.165) is 11.5 Å². The van der Waals surface area contributed by atoms with Gasteiger partial charge in [0.15, 0.2) is 0 Å². The number of benzene rings is 1. The number of rotatable bonds is 5. The molecule has 0 aliphatic heterocycles. The lowest BCUT2D eigenvalue weighted by Gasteiger charge is -2.22. The number of methoxy groups -OCH3 is 1. The molecule has 1 heterocycles. The normalized spacial score (nSPS) is 13.9. The molecule has 1 aromatic carbocycles. The first-order valence-corrected chi connectivity index (χ1v) is 7.10. The molecule has 2 atom stereocenters. The molecule has 2 aromatic rings. The van der Waals surface area contributed by atoms with Crippen molar-refractivity contribution in [3.63, 3.8) is 0 Å². The summed E-state index contributed by atoms with van der Waals surface area (Å²) in [5.74, 6) is 1.62. The monoisotopic (exact) mass is 277 g/mol. The topological polar surface area (TPSA) is 44.5 Å². The second kappa shape index (κ2) is 6.08. The molecule has 0 radical (unpaired) electrons. The molecule has 0 saturated heterocycles. The van der Waals surface area contributed by atoms with Crippen LogP contribution in [0.15, 0.2) is 35.7 Å². The van der Waals surface area contributed by atoms with Gasteiger partial charge in [0.05, 0.1) is 7.11 Å². The molecule has 0 aliphatic rings. The SMILES string of the molecule is COc1ccc(OC(c2sccc2C)C(C)N)cc1. The van der Waals surface area contributed by atoms with Crippen LogP contribution in [0.5, 0.6) is 11.5 Å². The summed E-state index contributed by atoms with van der Waals surface area (Å²) in [6, 6.07) is 9.59. The predicted octanol–water partition coefficient (Wildman–Crippen LogP) is 3.53. The zero-order chi connectivity index (χ0) is 13.8. The molecule has 2 unspecified atom stereocenters. The molecule has 2 rings (SSSR count). The van der Waals surface area contributed by atoms with Crippen LogP contribution in [-0.4, -0.2) is 13.2 Å². The Morgan fingerprint density at radius 3 is 2.21 bits per heavy atom. The van der Waals surface area contributed by atoms with Crippen molar-refractivity contribution in [2.45, 2.75) is 26.0 Å². The molecule has 0 aliphatic carbocycles. The van der Waals surface area contributed by atoms with E-state index >= 15 is 0 Å². The van der Waals surface area contributed by atoms with E-state index in [1.54, 1.807) is 18.4 Å². The van der Waals surface area contributed by atoms with Gasteiger partial charge in [0.25, 0.3) is 0 Å². The van der Waals surface area contributed by atoms with Gasteiger partial charge in [0.1, 0.15) is 17.6 Å². The van der Waals surface area contributed by atoms with Crippen LogP contribution in [-0.2, 0) is 0 Å². The summed E-state index contributed by atoms with van der Waals surface area (Å²) in [5.41, 5.74) is 7.28. The Hall–Kier alpha value is -1.52. The van der Waals surface area contributed by atoms with Gasteiger partial charge in [-0.3, -0.25) is 0 Å². The first-order chi connectivity index (χ1) is 9.11. The lowest BCUT2D eigenvalue weighted by atomic mass is 10.1. The third kappa shape index (κ3) is 3.28. The van der Waals surface area contributed by atoms with Crippen molar-refractivity contribution in [2.24, 2.45) is 5.73 Å². The Kier molecular flexibility index (Phi) is 4.45. The lowest BCUT2D eigenvalue weighted by Crippen LogP contribution is -2.28. The van der Waals surface area contributed by atoms with E-state index < -0.39 is 0 Å². The highest BCUT2D eigenvalue weighted by molar-refractivity contribution is 7.10. The van der Waals surface area contributed by atoms with Crippen LogP contribution in [0.25, 0.3) is 0 Å². The summed E-state index contributed by atoms with van der Waals surface area (Å²) in [4.78, 5) is 1.19. The van der Waals surface area contributed by atoms with Crippen molar-refractivity contribution in [3.05, 3.63) is 46.2 Å². The molecular formula is C15H19NO2S. The van der Waals surface area contributed by atoms with Gasteiger partial charge in [-0.05, 0) is 55.1 Å². The van der Waals surface area contributed by atoms with Gasteiger partial charge in [0.2, 0.25) is 0 Å². The zero-order valence-corrected chi connectivity index (χ0v) is 12.2. The van der Waals surface area contributed by atoms with E-state index in [0.29, 0.717) is 0 Å². The van der Waals surface area contributed by atoms with Crippen molar-refractivity contribution in [1.29, 1.82) is 0 Å². The number of thiophene rings is 1. The fourth-order valence-electron chi connectivity index (χ4n) is 1.88. The first kappa shape index (κ1) is 13.9. The smallest absolute Gasteiger partial charge is 0.148 e. The molecular weight excluding hydrogens is 258 g/mol. The van der Waals surface area contributed by atoms with Crippen molar-refractivity contribution in [3.8, 4) is 11.5 Å². The van der Waals surface area contributed by atoms with Crippen molar-refractivity contribution < 1.29 is 9.47 Å². The third-order valence-corrected chi connectivity index (χ3v) is 4.04. The van der Waals surface area contributed by atoms with Gasteiger partial charge in [-0.15, -0.1) is 11.3 Å². The Labute approximate surface area is 118 Å². The highest BCUT2D eigenvalue weighted by Crippen LogP contribution is 2.31. The molecule has 0 amide bonds. The Balaban J connectivity index is 2.19. The quantitative estimate of drug-likeness (QED) is 0.909. The molecule has 0 spiro atoms. The summed E-state index contributed by atoms with van der Waals surface area (Å²) in [6.45, 7) is 4.05. The second-order valence-corrected chi connectivity index (χ2v) is 5.49. The van der Waals surface area contributed by atoms with E-state index in [9.17, 15) is 0 Å². The van der Waals surface area contributed by atoms with Crippen molar-refractivity contribution in [2.75, 3.05) is 7.11 Å². The molecule has 2 N–H and O–H groups in total. The zero-order valence-electron chi connectivity index (χ0n) is 11.4. The largest absolute Gasteiger partial charge is 0.497 e. The third-order valence-electron chi connectivity index (χ3n) is 2.96.